The standard InChI is InChI=1S/C8H13N3O2/c1-8(5-12,6-13)10-7-3-2-4-9-11-7/h2-4,12-13H,5-6H2,1H3,(H,10,11). The first kappa shape index (κ1) is 9.88. The van der Waals surface area contributed by atoms with Gasteiger partial charge in [-0.25, -0.2) is 0 Å². The van der Waals surface area contributed by atoms with Gasteiger partial charge in [-0.3, -0.25) is 0 Å². The Labute approximate surface area is 76.4 Å². The number of anilines is 1. The normalized spacial score (nSPS) is 11.3. The van der Waals surface area contributed by atoms with Crippen molar-refractivity contribution >= 4 is 5.82 Å². The van der Waals surface area contributed by atoms with Crippen molar-refractivity contribution in [1.82, 2.24) is 10.2 Å². The zero-order valence-electron chi connectivity index (χ0n) is 7.44. The molecule has 0 aromatic carbocycles. The molecule has 1 aromatic rings. The zero-order valence-corrected chi connectivity index (χ0v) is 7.44. The molecular weight excluding hydrogens is 170 g/mol. The highest BCUT2D eigenvalue weighted by Crippen LogP contribution is 2.10. The van der Waals surface area contributed by atoms with Crippen LogP contribution in [0.1, 0.15) is 6.92 Å². The maximum atomic E-state index is 8.98. The van der Waals surface area contributed by atoms with Gasteiger partial charge in [0.2, 0.25) is 0 Å². The maximum Gasteiger partial charge on any atom is 0.149 e. The molecule has 0 radical (unpaired) electrons. The number of hydrogen-bond acceptors (Lipinski definition) is 5. The van der Waals surface area contributed by atoms with Gasteiger partial charge in [0.05, 0.1) is 18.8 Å². The van der Waals surface area contributed by atoms with Gasteiger partial charge in [-0.15, -0.1) is 5.10 Å². The molecule has 72 valence electrons. The Morgan fingerprint density at radius 2 is 2.15 bits per heavy atom. The molecule has 5 nitrogen and oxygen atoms in total. The average Bonchev–Trinajstić information content (AvgIpc) is 2.19. The van der Waals surface area contributed by atoms with E-state index in [2.05, 4.69) is 15.5 Å². The van der Waals surface area contributed by atoms with E-state index in [0.29, 0.717) is 5.82 Å². The first-order valence-corrected chi connectivity index (χ1v) is 3.98. The second-order valence-electron chi connectivity index (χ2n) is 3.11. The molecule has 0 saturated heterocycles. The van der Waals surface area contributed by atoms with E-state index < -0.39 is 5.54 Å². The molecule has 5 heteroatoms. The molecule has 0 aliphatic heterocycles. The van der Waals surface area contributed by atoms with Crippen molar-refractivity contribution in [2.45, 2.75) is 12.5 Å². The molecule has 0 spiro atoms. The maximum absolute atomic E-state index is 8.98. The number of rotatable bonds is 4. The van der Waals surface area contributed by atoms with Crippen LogP contribution in [-0.4, -0.2) is 39.2 Å². The number of hydrogen-bond donors (Lipinski definition) is 3. The molecule has 0 fully saturated rings. The van der Waals surface area contributed by atoms with Gasteiger partial charge in [0.25, 0.3) is 0 Å². The van der Waals surface area contributed by atoms with Crippen LogP contribution in [0.25, 0.3) is 0 Å². The summed E-state index contributed by atoms with van der Waals surface area (Å²) in [6, 6.07) is 3.45. The molecule has 13 heavy (non-hydrogen) atoms. The molecule has 1 aromatic heterocycles. The SMILES string of the molecule is CC(CO)(CO)Nc1cccnn1. The minimum Gasteiger partial charge on any atom is -0.394 e. The van der Waals surface area contributed by atoms with E-state index in [1.165, 1.54) is 0 Å². The molecule has 1 rings (SSSR count). The Hall–Kier alpha value is -1.20. The average molecular weight is 183 g/mol. The van der Waals surface area contributed by atoms with Gasteiger partial charge < -0.3 is 15.5 Å². The highest BCUT2D eigenvalue weighted by molar-refractivity contribution is 5.35. The van der Waals surface area contributed by atoms with Crippen LogP contribution in [0.15, 0.2) is 18.3 Å². The Kier molecular flexibility index (Phi) is 3.16. The summed E-state index contributed by atoms with van der Waals surface area (Å²) in [4.78, 5) is 0. The summed E-state index contributed by atoms with van der Waals surface area (Å²) in [6.45, 7) is 1.36. The summed E-state index contributed by atoms with van der Waals surface area (Å²) in [6.07, 6.45) is 1.56. The number of aliphatic hydroxyl groups is 2. The second kappa shape index (κ2) is 4.15. The largest absolute Gasteiger partial charge is 0.394 e. The van der Waals surface area contributed by atoms with Gasteiger partial charge in [-0.1, -0.05) is 0 Å². The van der Waals surface area contributed by atoms with Crippen molar-refractivity contribution in [2.24, 2.45) is 0 Å². The lowest BCUT2D eigenvalue weighted by atomic mass is 10.1. The number of nitrogens with one attached hydrogen (secondary N) is 1. The smallest absolute Gasteiger partial charge is 0.149 e. The van der Waals surface area contributed by atoms with Crippen molar-refractivity contribution in [1.29, 1.82) is 0 Å². The Morgan fingerprint density at radius 3 is 2.62 bits per heavy atom. The molecule has 0 amide bonds. The van der Waals surface area contributed by atoms with Gasteiger partial charge in [0.1, 0.15) is 5.82 Å². The van der Waals surface area contributed by atoms with E-state index in [-0.39, 0.29) is 13.2 Å². The third-order valence-electron chi connectivity index (χ3n) is 1.70. The molecule has 0 unspecified atom stereocenters. The first-order chi connectivity index (χ1) is 6.20. The third kappa shape index (κ3) is 2.64. The summed E-state index contributed by atoms with van der Waals surface area (Å²) >= 11 is 0. The summed E-state index contributed by atoms with van der Waals surface area (Å²) < 4.78 is 0. The molecular formula is C8H13N3O2. The quantitative estimate of drug-likeness (QED) is 0.593. The number of aliphatic hydroxyl groups excluding tert-OH is 2. The van der Waals surface area contributed by atoms with Crippen LogP contribution in [0.4, 0.5) is 5.82 Å². The van der Waals surface area contributed by atoms with E-state index in [1.807, 2.05) is 0 Å². The molecule has 0 atom stereocenters. The van der Waals surface area contributed by atoms with Crippen molar-refractivity contribution in [3.63, 3.8) is 0 Å². The van der Waals surface area contributed by atoms with Crippen LogP contribution in [0.5, 0.6) is 0 Å². The lowest BCUT2D eigenvalue weighted by molar-refractivity contribution is 0.147. The zero-order chi connectivity index (χ0) is 9.73. The van der Waals surface area contributed by atoms with Crippen molar-refractivity contribution in [3.05, 3.63) is 18.3 Å². The molecule has 0 bridgehead atoms. The molecule has 0 saturated carbocycles. The Balaban J connectivity index is 2.68. The summed E-state index contributed by atoms with van der Waals surface area (Å²) in [5.41, 5.74) is -0.754. The molecule has 1 heterocycles. The van der Waals surface area contributed by atoms with Crippen LogP contribution >= 0.6 is 0 Å². The lowest BCUT2D eigenvalue weighted by Gasteiger charge is -2.26. The molecule has 3 N–H and O–H groups in total. The van der Waals surface area contributed by atoms with Crippen LogP contribution in [0, 0.1) is 0 Å². The van der Waals surface area contributed by atoms with E-state index in [0.717, 1.165) is 0 Å². The van der Waals surface area contributed by atoms with Crippen LogP contribution < -0.4 is 5.32 Å². The van der Waals surface area contributed by atoms with Gasteiger partial charge in [-0.05, 0) is 19.1 Å². The van der Waals surface area contributed by atoms with Crippen LogP contribution in [-0.2, 0) is 0 Å². The van der Waals surface area contributed by atoms with Gasteiger partial charge in [0, 0.05) is 6.20 Å². The predicted molar refractivity (Wildman–Crippen MR) is 48.2 cm³/mol. The van der Waals surface area contributed by atoms with E-state index in [4.69, 9.17) is 10.2 Å². The van der Waals surface area contributed by atoms with Crippen molar-refractivity contribution in [3.8, 4) is 0 Å². The monoisotopic (exact) mass is 183 g/mol. The Morgan fingerprint density at radius 1 is 1.46 bits per heavy atom. The predicted octanol–water partition coefficient (Wildman–Crippen LogP) is -0.368. The molecule has 0 aliphatic rings. The van der Waals surface area contributed by atoms with E-state index in [9.17, 15) is 0 Å². The number of aromatic nitrogens is 2. The summed E-state index contributed by atoms with van der Waals surface area (Å²) in [7, 11) is 0. The van der Waals surface area contributed by atoms with Crippen LogP contribution in [0.3, 0.4) is 0 Å². The third-order valence-corrected chi connectivity index (χ3v) is 1.70. The highest BCUT2D eigenvalue weighted by Gasteiger charge is 2.22. The van der Waals surface area contributed by atoms with Crippen molar-refractivity contribution in [2.75, 3.05) is 18.5 Å². The number of nitrogens with zero attached hydrogens (tertiary/aromatic N) is 2. The highest BCUT2D eigenvalue weighted by atomic mass is 16.3. The van der Waals surface area contributed by atoms with Crippen molar-refractivity contribution < 1.29 is 10.2 Å². The van der Waals surface area contributed by atoms with Crippen LogP contribution in [0.2, 0.25) is 0 Å². The summed E-state index contributed by atoms with van der Waals surface area (Å²) in [5.74, 6) is 0.535. The van der Waals surface area contributed by atoms with Gasteiger partial charge in [0.15, 0.2) is 0 Å². The van der Waals surface area contributed by atoms with E-state index in [1.54, 1.807) is 25.3 Å². The fraction of sp³-hybridized carbons (Fsp3) is 0.500. The minimum atomic E-state index is -0.754. The van der Waals surface area contributed by atoms with Gasteiger partial charge in [-0.2, -0.15) is 5.10 Å². The Bertz CT molecular complexity index is 249. The molecule has 0 aliphatic carbocycles. The second-order valence-corrected chi connectivity index (χ2v) is 3.11. The fourth-order valence-corrected chi connectivity index (χ4v) is 0.806. The summed E-state index contributed by atoms with van der Waals surface area (Å²) in [5, 5.41) is 28.3. The van der Waals surface area contributed by atoms with E-state index >= 15 is 0 Å². The minimum absolute atomic E-state index is 0.167. The first-order valence-electron chi connectivity index (χ1n) is 3.98. The van der Waals surface area contributed by atoms with Gasteiger partial charge >= 0.3 is 0 Å². The topological polar surface area (TPSA) is 78.3 Å². The lowest BCUT2D eigenvalue weighted by Crippen LogP contribution is -2.42. The fourth-order valence-electron chi connectivity index (χ4n) is 0.806.